The molecular formula is C44H28O2. The van der Waals surface area contributed by atoms with Gasteiger partial charge >= 0.3 is 0 Å². The molecule has 2 heteroatoms. The molecule has 0 atom stereocenters. The summed E-state index contributed by atoms with van der Waals surface area (Å²) < 4.78 is 94.5. The molecule has 0 bridgehead atoms. The minimum absolute atomic E-state index is 0.0551. The minimum Gasteiger partial charge on any atom is -0.508 e. The first-order chi connectivity index (χ1) is 26.9. The third kappa shape index (κ3) is 4.04. The van der Waals surface area contributed by atoms with Crippen molar-refractivity contribution in [2.24, 2.45) is 0 Å². The van der Waals surface area contributed by atoms with Crippen molar-refractivity contribution >= 4 is 43.5 Å². The molecule has 46 heavy (non-hydrogen) atoms. The first kappa shape index (κ1) is 18.0. The number of hydrogen-bond donors (Lipinski definition) is 1. The summed E-state index contributed by atoms with van der Waals surface area (Å²) in [7, 11) is 0. The zero-order chi connectivity index (χ0) is 39.3. The molecule has 0 spiro atoms. The normalized spacial score (nSPS) is 14.6. The Morgan fingerprint density at radius 2 is 1.04 bits per heavy atom. The van der Waals surface area contributed by atoms with Gasteiger partial charge in [0.15, 0.2) is 0 Å². The van der Waals surface area contributed by atoms with Gasteiger partial charge in [-0.1, -0.05) is 145 Å². The van der Waals surface area contributed by atoms with E-state index in [-0.39, 0.29) is 68.8 Å². The molecule has 1 N–H and O–H groups in total. The number of fused-ring (bicyclic) bond motifs is 5. The topological polar surface area (TPSA) is 33.4 Å². The molecule has 8 aromatic carbocycles. The minimum atomic E-state index is -0.590. The average Bonchev–Trinajstić information content (AvgIpc) is 3.61. The van der Waals surface area contributed by atoms with Crippen LogP contribution in [0.1, 0.15) is 13.7 Å². The Hall–Kier alpha value is -6.12. The maximum Gasteiger partial charge on any atom is 0.143 e. The highest BCUT2D eigenvalue weighted by atomic mass is 16.3. The van der Waals surface area contributed by atoms with Crippen molar-refractivity contribution in [3.63, 3.8) is 0 Å². The van der Waals surface area contributed by atoms with Gasteiger partial charge in [0.2, 0.25) is 0 Å². The van der Waals surface area contributed by atoms with Crippen molar-refractivity contribution in [1.29, 1.82) is 0 Å². The fourth-order valence-corrected chi connectivity index (χ4v) is 6.58. The van der Waals surface area contributed by atoms with Crippen LogP contribution in [-0.2, 0) is 0 Å². The molecule has 9 aromatic rings. The lowest BCUT2D eigenvalue weighted by Gasteiger charge is -2.20. The lowest BCUT2D eigenvalue weighted by Crippen LogP contribution is -1.93. The second kappa shape index (κ2) is 10.5. The van der Waals surface area contributed by atoms with E-state index in [0.717, 1.165) is 0 Å². The maximum absolute atomic E-state index is 11.3. The van der Waals surface area contributed by atoms with Gasteiger partial charge in [-0.2, -0.15) is 0 Å². The Kier molecular flexibility index (Phi) is 4.11. The number of phenolic OH excluding ortho intramolecular Hbond substituents is 1. The fourth-order valence-electron chi connectivity index (χ4n) is 6.58. The Labute approximate surface area is 280 Å². The van der Waals surface area contributed by atoms with E-state index >= 15 is 0 Å². The van der Waals surface area contributed by atoms with E-state index in [4.69, 9.17) is 16.8 Å². The van der Waals surface area contributed by atoms with E-state index in [1.165, 1.54) is 0 Å². The molecular weight excluding hydrogens is 560 g/mol. The monoisotopic (exact) mass is 598 g/mol. The summed E-state index contributed by atoms with van der Waals surface area (Å²) >= 11 is 0. The van der Waals surface area contributed by atoms with Crippen LogP contribution in [0.3, 0.4) is 0 Å². The number of rotatable bonds is 4. The van der Waals surface area contributed by atoms with Crippen LogP contribution >= 0.6 is 0 Å². The smallest absolute Gasteiger partial charge is 0.143 e. The van der Waals surface area contributed by atoms with Gasteiger partial charge in [0.1, 0.15) is 16.9 Å². The SMILES string of the molecule is [2H]c1c([2H])c([2H])c(-c2ccccc2-c2c3ccccc3c(-c3c([2H])c([2H])c([2H])c4oc5c(-c6ccccc6)c([2H])c(O)c([2H])c5c34)c3ccccc23)c([2H])c1[2H]. The van der Waals surface area contributed by atoms with E-state index in [0.29, 0.717) is 49.4 Å². The van der Waals surface area contributed by atoms with Crippen molar-refractivity contribution < 1.29 is 23.2 Å². The van der Waals surface area contributed by atoms with E-state index in [2.05, 4.69) is 0 Å². The molecule has 1 heterocycles. The molecule has 0 amide bonds. The van der Waals surface area contributed by atoms with Gasteiger partial charge in [-0.25, -0.2) is 0 Å². The van der Waals surface area contributed by atoms with E-state index in [1.807, 2.05) is 66.7 Å². The van der Waals surface area contributed by atoms with Crippen molar-refractivity contribution in [2.45, 2.75) is 0 Å². The second-order valence-electron chi connectivity index (χ2n) is 11.0. The molecule has 0 unspecified atom stereocenters. The van der Waals surface area contributed by atoms with Gasteiger partial charge in [0, 0.05) is 16.3 Å². The molecule has 0 saturated heterocycles. The lowest BCUT2D eigenvalue weighted by molar-refractivity contribution is 0.476. The van der Waals surface area contributed by atoms with Crippen molar-refractivity contribution in [2.75, 3.05) is 0 Å². The molecule has 0 aliphatic carbocycles. The van der Waals surface area contributed by atoms with Gasteiger partial charge in [-0.3, -0.25) is 0 Å². The molecule has 0 radical (unpaired) electrons. The highest BCUT2D eigenvalue weighted by Gasteiger charge is 2.22. The predicted molar refractivity (Wildman–Crippen MR) is 192 cm³/mol. The lowest BCUT2D eigenvalue weighted by atomic mass is 9.83. The van der Waals surface area contributed by atoms with Crippen LogP contribution in [0.2, 0.25) is 0 Å². The molecule has 0 fully saturated rings. The summed E-state index contributed by atoms with van der Waals surface area (Å²) in [5, 5.41) is 14.2. The highest BCUT2D eigenvalue weighted by Crippen LogP contribution is 2.49. The van der Waals surface area contributed by atoms with Crippen LogP contribution in [0.4, 0.5) is 0 Å². The highest BCUT2D eigenvalue weighted by molar-refractivity contribution is 6.26. The van der Waals surface area contributed by atoms with Crippen LogP contribution in [0.25, 0.3) is 88.0 Å². The standard InChI is InChI=1S/C44H28O2/c45-30-26-38(29-16-5-2-6-17-29)44-39(27-30)43-37(24-13-25-40(43)46-44)42-35-22-11-9-20-33(35)41(34-21-10-12-23-36(34)42)32-19-8-7-18-31(32)28-14-3-1-4-15-28/h1-27,45H/i1D,3D,4D,13D,14D,15D,24D,25D,26D,27D. The van der Waals surface area contributed by atoms with Crippen molar-refractivity contribution in [3.05, 3.63) is 164 Å². The molecule has 0 aliphatic rings. The summed E-state index contributed by atoms with van der Waals surface area (Å²) in [6, 6.07) is 27.1. The Bertz CT molecular complexity index is 3070. The summed E-state index contributed by atoms with van der Waals surface area (Å²) in [6.07, 6.45) is 0. The third-order valence-corrected chi connectivity index (χ3v) is 8.45. The largest absolute Gasteiger partial charge is 0.508 e. The molecule has 1 aromatic heterocycles. The Balaban J connectivity index is 1.47. The second-order valence-corrected chi connectivity index (χ2v) is 11.0. The van der Waals surface area contributed by atoms with Crippen LogP contribution in [0, 0.1) is 0 Å². The maximum atomic E-state index is 11.3. The first-order valence-electron chi connectivity index (χ1n) is 19.8. The quantitative estimate of drug-likeness (QED) is 0.204. The van der Waals surface area contributed by atoms with Gasteiger partial charge in [0.05, 0.1) is 13.7 Å². The Morgan fingerprint density at radius 1 is 0.457 bits per heavy atom. The molecule has 0 aliphatic heterocycles. The third-order valence-electron chi connectivity index (χ3n) is 8.45. The van der Waals surface area contributed by atoms with E-state index in [1.54, 1.807) is 36.4 Å². The molecule has 2 nitrogen and oxygen atoms in total. The van der Waals surface area contributed by atoms with Crippen molar-refractivity contribution in [3.8, 4) is 50.3 Å². The zero-order valence-electron chi connectivity index (χ0n) is 34.2. The van der Waals surface area contributed by atoms with Gasteiger partial charge < -0.3 is 9.52 Å². The van der Waals surface area contributed by atoms with Gasteiger partial charge in [0.25, 0.3) is 0 Å². The Morgan fingerprint density at radius 3 is 1.72 bits per heavy atom. The fraction of sp³-hybridized carbons (Fsp3) is 0. The molecule has 9 rings (SSSR count). The number of furan rings is 1. The van der Waals surface area contributed by atoms with Gasteiger partial charge in [-0.05, 0) is 78.6 Å². The molecule has 216 valence electrons. The van der Waals surface area contributed by atoms with E-state index in [9.17, 15) is 6.48 Å². The number of hydrogen-bond acceptors (Lipinski definition) is 2. The summed E-state index contributed by atoms with van der Waals surface area (Å²) in [5.41, 5.74) is 3.29. The van der Waals surface area contributed by atoms with Crippen molar-refractivity contribution in [1.82, 2.24) is 0 Å². The average molecular weight is 599 g/mol. The van der Waals surface area contributed by atoms with Crippen LogP contribution in [0.5, 0.6) is 5.75 Å². The number of benzene rings is 8. The van der Waals surface area contributed by atoms with Crippen LogP contribution in [-0.4, -0.2) is 5.11 Å². The van der Waals surface area contributed by atoms with Crippen LogP contribution < -0.4 is 0 Å². The summed E-state index contributed by atoms with van der Waals surface area (Å²) in [6.45, 7) is 0. The summed E-state index contributed by atoms with van der Waals surface area (Å²) in [4.78, 5) is 0. The van der Waals surface area contributed by atoms with Crippen LogP contribution in [0.15, 0.2) is 168 Å². The number of aromatic hydroxyl groups is 1. The zero-order valence-corrected chi connectivity index (χ0v) is 24.2. The molecule has 0 saturated carbocycles. The predicted octanol–water partition coefficient (Wildman–Crippen LogP) is 12.3. The van der Waals surface area contributed by atoms with Gasteiger partial charge in [-0.15, -0.1) is 0 Å². The first-order valence-corrected chi connectivity index (χ1v) is 14.8. The summed E-state index contributed by atoms with van der Waals surface area (Å²) in [5.74, 6) is -0.590. The number of phenols is 1. The van der Waals surface area contributed by atoms with E-state index < -0.39 is 36.0 Å².